The Morgan fingerprint density at radius 1 is 1.16 bits per heavy atom. The molecule has 0 radical (unpaired) electrons. The molecule has 12 heteroatoms. The number of Topliss-reactive ketones (excluding diaryl/α,β-unsaturated/α-hetero) is 1. The van der Waals surface area contributed by atoms with Crippen LogP contribution in [0.4, 0.5) is 11.4 Å². The molecular weight excluding hydrogens is 552 g/mol. The maximum absolute atomic E-state index is 14.4. The van der Waals surface area contributed by atoms with Crippen LogP contribution in [0.3, 0.4) is 0 Å². The molecule has 2 aliphatic rings. The van der Waals surface area contributed by atoms with E-state index in [1.165, 1.54) is 0 Å². The minimum Gasteiger partial charge on any atom is -0.448 e. The number of benzene rings is 1. The zero-order valence-corrected chi connectivity index (χ0v) is 27.3. The number of hydrogen-bond acceptors (Lipinski definition) is 10. The van der Waals surface area contributed by atoms with Crippen LogP contribution in [0.15, 0.2) is 12.1 Å². The summed E-state index contributed by atoms with van der Waals surface area (Å²) in [5.74, 6) is -1.85. The van der Waals surface area contributed by atoms with Crippen molar-refractivity contribution in [2.24, 2.45) is 5.41 Å². The summed E-state index contributed by atoms with van der Waals surface area (Å²) in [6, 6.07) is 3.10. The predicted molar refractivity (Wildman–Crippen MR) is 166 cm³/mol. The molecule has 240 valence electrons. The Labute approximate surface area is 255 Å². The Morgan fingerprint density at radius 2 is 1.84 bits per heavy atom. The first kappa shape index (κ1) is 34.3. The molecule has 2 heterocycles. The topological polar surface area (TPSA) is 133 Å². The largest absolute Gasteiger partial charge is 0.448 e. The van der Waals surface area contributed by atoms with Crippen LogP contribution in [0.5, 0.6) is 5.75 Å². The summed E-state index contributed by atoms with van der Waals surface area (Å²) in [4.78, 5) is 61.8. The van der Waals surface area contributed by atoms with Gasteiger partial charge in [0.1, 0.15) is 11.5 Å². The van der Waals surface area contributed by atoms with Gasteiger partial charge in [0, 0.05) is 51.1 Å². The number of anilines is 2. The fourth-order valence-electron chi connectivity index (χ4n) is 5.47. The Balaban J connectivity index is 2.00. The number of nitrogens with zero attached hydrogens (tertiary/aromatic N) is 3. The molecule has 0 bridgehead atoms. The molecule has 43 heavy (non-hydrogen) atoms. The lowest BCUT2D eigenvalue weighted by Gasteiger charge is -2.43. The Bertz CT molecular complexity index is 1190. The van der Waals surface area contributed by atoms with Crippen molar-refractivity contribution in [1.29, 1.82) is 0 Å². The van der Waals surface area contributed by atoms with E-state index >= 15 is 0 Å². The van der Waals surface area contributed by atoms with Gasteiger partial charge in [-0.3, -0.25) is 25.0 Å². The normalized spacial score (nSPS) is 18.6. The summed E-state index contributed by atoms with van der Waals surface area (Å²) < 4.78 is 6.19. The van der Waals surface area contributed by atoms with Crippen molar-refractivity contribution in [3.05, 3.63) is 17.7 Å². The molecule has 1 fully saturated rings. The molecule has 1 atom stereocenters. The number of hydroxylamine groups is 2. The standard InChI is InChI=1S/C31H50N6O6/c1-10-22(38)14-12-16-36-25-17-23(24(32-7)18-26(25)42-31(33-8,34-9)28(36)40)27(39)37(20(2)3)21-13-11-15-35(19-21)43-29(41)30(4,5)6/h17-18,20-21,32-34H,10-16,19H2,1-9H3/t21-/m1/s1. The van der Waals surface area contributed by atoms with Crippen LogP contribution >= 0.6 is 0 Å². The molecule has 12 nitrogen and oxygen atoms in total. The minimum atomic E-state index is -1.50. The van der Waals surface area contributed by atoms with Gasteiger partial charge >= 0.3 is 11.9 Å². The van der Waals surface area contributed by atoms with Crippen LogP contribution in [0.1, 0.15) is 84.0 Å². The van der Waals surface area contributed by atoms with Crippen molar-refractivity contribution in [3.8, 4) is 5.75 Å². The van der Waals surface area contributed by atoms with Crippen LogP contribution in [0.25, 0.3) is 0 Å². The van der Waals surface area contributed by atoms with Crippen molar-refractivity contribution in [2.45, 2.75) is 91.6 Å². The van der Waals surface area contributed by atoms with Gasteiger partial charge in [-0.05, 0) is 74.0 Å². The van der Waals surface area contributed by atoms with Crippen molar-refractivity contribution in [2.75, 3.05) is 51.0 Å². The van der Waals surface area contributed by atoms with Crippen LogP contribution < -0.4 is 25.6 Å². The van der Waals surface area contributed by atoms with Gasteiger partial charge in [0.2, 0.25) is 0 Å². The van der Waals surface area contributed by atoms with Gasteiger partial charge in [0.05, 0.1) is 28.9 Å². The van der Waals surface area contributed by atoms with E-state index in [1.807, 2.05) is 46.4 Å². The SMILES string of the molecule is CCC(=O)CCCN1C(=O)C(NC)(NC)Oc2cc(NC)c(C(=O)N(C(C)C)[C@@H]3CCCN(OC(=O)C(C)(C)C)C3)cc21. The first-order valence-electron chi connectivity index (χ1n) is 15.3. The second-order valence-electron chi connectivity index (χ2n) is 12.5. The van der Waals surface area contributed by atoms with Gasteiger partial charge in [0.25, 0.3) is 11.8 Å². The molecule has 2 aliphatic heterocycles. The fourth-order valence-corrected chi connectivity index (χ4v) is 5.47. The number of ether oxygens (including phenoxy) is 1. The van der Waals surface area contributed by atoms with E-state index in [1.54, 1.807) is 43.2 Å². The number of ketones is 1. The Morgan fingerprint density at radius 3 is 2.40 bits per heavy atom. The molecule has 0 saturated carbocycles. The number of fused-ring (bicyclic) bond motifs is 1. The van der Waals surface area contributed by atoms with E-state index in [4.69, 9.17) is 9.57 Å². The highest BCUT2D eigenvalue weighted by atomic mass is 16.7. The molecule has 1 aromatic carbocycles. The molecule has 0 aromatic heterocycles. The Kier molecular flexibility index (Phi) is 11.2. The highest BCUT2D eigenvalue weighted by Gasteiger charge is 2.47. The number of carbonyl (C=O) groups excluding carboxylic acids is 4. The minimum absolute atomic E-state index is 0.123. The fraction of sp³-hybridized carbons (Fsp3) is 0.677. The average molecular weight is 603 g/mol. The molecular formula is C31H50N6O6. The van der Waals surface area contributed by atoms with E-state index in [2.05, 4.69) is 16.0 Å². The first-order valence-corrected chi connectivity index (χ1v) is 15.3. The van der Waals surface area contributed by atoms with Crippen molar-refractivity contribution in [1.82, 2.24) is 20.6 Å². The number of likely N-dealkylation sites (N-methyl/N-ethyl adjacent to an activating group) is 2. The van der Waals surface area contributed by atoms with Gasteiger partial charge in [-0.1, -0.05) is 6.92 Å². The van der Waals surface area contributed by atoms with Gasteiger partial charge in [-0.15, -0.1) is 5.06 Å². The average Bonchev–Trinajstić information content (AvgIpc) is 2.96. The number of hydrogen-bond donors (Lipinski definition) is 3. The smallest absolute Gasteiger partial charge is 0.330 e. The number of carbonyl (C=O) groups is 4. The monoisotopic (exact) mass is 602 g/mol. The molecule has 0 spiro atoms. The van der Waals surface area contributed by atoms with Gasteiger partial charge in [-0.25, -0.2) is 4.79 Å². The highest BCUT2D eigenvalue weighted by molar-refractivity contribution is 6.07. The third-order valence-corrected chi connectivity index (χ3v) is 8.00. The maximum Gasteiger partial charge on any atom is 0.330 e. The van der Waals surface area contributed by atoms with Crippen molar-refractivity contribution >= 4 is 34.9 Å². The zero-order chi connectivity index (χ0) is 32.1. The molecule has 2 amide bonds. The van der Waals surface area contributed by atoms with E-state index in [0.717, 1.165) is 12.8 Å². The van der Waals surface area contributed by atoms with E-state index in [9.17, 15) is 19.2 Å². The summed E-state index contributed by atoms with van der Waals surface area (Å²) in [5.41, 5.74) is 0.771. The highest BCUT2D eigenvalue weighted by Crippen LogP contribution is 2.41. The molecule has 0 aliphatic carbocycles. The number of rotatable bonds is 12. The van der Waals surface area contributed by atoms with Gasteiger partial charge in [0.15, 0.2) is 0 Å². The van der Waals surface area contributed by atoms with E-state index < -0.39 is 11.3 Å². The Hall–Kier alpha value is -3.22. The van der Waals surface area contributed by atoms with E-state index in [0.29, 0.717) is 55.0 Å². The number of amides is 2. The maximum atomic E-state index is 14.4. The number of nitrogens with one attached hydrogen (secondary N) is 3. The lowest BCUT2D eigenvalue weighted by molar-refractivity contribution is -0.208. The summed E-state index contributed by atoms with van der Waals surface area (Å²) in [5, 5.41) is 10.7. The summed E-state index contributed by atoms with van der Waals surface area (Å²) in [7, 11) is 4.99. The van der Waals surface area contributed by atoms with Crippen molar-refractivity contribution in [3.63, 3.8) is 0 Å². The van der Waals surface area contributed by atoms with Crippen molar-refractivity contribution < 1.29 is 28.8 Å². The van der Waals surface area contributed by atoms with Gasteiger partial charge < -0.3 is 24.7 Å². The number of piperidine rings is 1. The summed E-state index contributed by atoms with van der Waals surface area (Å²) in [6.45, 7) is 12.5. The predicted octanol–water partition coefficient (Wildman–Crippen LogP) is 3.12. The second kappa shape index (κ2) is 14.0. The molecule has 3 N–H and O–H groups in total. The summed E-state index contributed by atoms with van der Waals surface area (Å²) >= 11 is 0. The molecule has 1 saturated heterocycles. The van der Waals surface area contributed by atoms with Gasteiger partial charge in [-0.2, -0.15) is 0 Å². The van der Waals surface area contributed by atoms with Crippen LogP contribution in [0, 0.1) is 5.41 Å². The van der Waals surface area contributed by atoms with E-state index in [-0.39, 0.29) is 42.2 Å². The quantitative estimate of drug-likeness (QED) is 0.307. The second-order valence-corrected chi connectivity index (χ2v) is 12.5. The zero-order valence-electron chi connectivity index (χ0n) is 27.3. The summed E-state index contributed by atoms with van der Waals surface area (Å²) in [6.07, 6.45) is 2.79. The molecule has 3 rings (SSSR count). The molecule has 1 aromatic rings. The van der Waals surface area contributed by atoms with Crippen LogP contribution in [0.2, 0.25) is 0 Å². The lowest BCUT2D eigenvalue weighted by Crippen LogP contribution is -2.70. The van der Waals surface area contributed by atoms with Crippen LogP contribution in [-0.4, -0.2) is 92.2 Å². The molecule has 0 unspecified atom stereocenters. The van der Waals surface area contributed by atoms with Crippen LogP contribution in [-0.2, 0) is 19.2 Å². The lowest BCUT2D eigenvalue weighted by atomic mass is 9.97. The third kappa shape index (κ3) is 7.47. The first-order chi connectivity index (χ1) is 20.2. The third-order valence-electron chi connectivity index (χ3n) is 8.00.